The van der Waals surface area contributed by atoms with Crippen molar-refractivity contribution in [3.8, 4) is 0 Å². The molecule has 1 saturated heterocycles. The van der Waals surface area contributed by atoms with Gasteiger partial charge in [-0.15, -0.1) is 0 Å². The molecule has 1 amide bonds. The van der Waals surface area contributed by atoms with Crippen LogP contribution in [-0.2, 0) is 16.1 Å². The first-order chi connectivity index (χ1) is 10.8. The Bertz CT molecular complexity index is 635. The number of nitrogens with two attached hydrogens (primary N) is 1. The minimum Gasteiger partial charge on any atom is -0.377 e. The molecule has 3 rings (SSSR count). The number of ether oxygens (including phenoxy) is 1. The lowest BCUT2D eigenvalue weighted by Crippen LogP contribution is -2.82. The maximum atomic E-state index is 13.7. The van der Waals surface area contributed by atoms with Crippen LogP contribution in [0.4, 0.5) is 8.78 Å². The zero-order valence-corrected chi connectivity index (χ0v) is 13.4. The molecule has 23 heavy (non-hydrogen) atoms. The zero-order chi connectivity index (χ0) is 16.8. The van der Waals surface area contributed by atoms with Crippen LogP contribution in [-0.4, -0.2) is 24.2 Å². The number of carbonyl (C=O) groups is 1. The van der Waals surface area contributed by atoms with Crippen molar-refractivity contribution in [2.45, 2.75) is 44.9 Å². The molecule has 6 heteroatoms. The second-order valence-electron chi connectivity index (χ2n) is 7.05. The van der Waals surface area contributed by atoms with Crippen molar-refractivity contribution < 1.29 is 18.3 Å². The van der Waals surface area contributed by atoms with E-state index >= 15 is 0 Å². The van der Waals surface area contributed by atoms with Gasteiger partial charge in [0.15, 0.2) is 0 Å². The van der Waals surface area contributed by atoms with Crippen molar-refractivity contribution >= 4 is 5.91 Å². The van der Waals surface area contributed by atoms with Crippen LogP contribution in [0.1, 0.15) is 32.3 Å². The van der Waals surface area contributed by atoms with Gasteiger partial charge in [-0.1, -0.05) is 19.9 Å². The fraction of sp³-hybridized carbons (Fsp3) is 0.588. The average Bonchev–Trinajstić information content (AvgIpc) is 2.53. The monoisotopic (exact) mass is 324 g/mol. The summed E-state index contributed by atoms with van der Waals surface area (Å²) in [5.41, 5.74) is 5.18. The number of fused-ring (bicyclic) bond motifs is 1. The van der Waals surface area contributed by atoms with E-state index in [1.165, 1.54) is 12.1 Å². The standard InChI is InChI=1S/C17H22F2N2O2/c1-16(2)14-12(4-3-7-23-14)17(16,20)15(22)21-9-10-5-6-11(18)8-13(10)19/h5-6,8,12,14H,3-4,7,9,20H2,1-2H3,(H,21,22). The summed E-state index contributed by atoms with van der Waals surface area (Å²) >= 11 is 0. The van der Waals surface area contributed by atoms with Crippen LogP contribution < -0.4 is 11.1 Å². The quantitative estimate of drug-likeness (QED) is 0.895. The van der Waals surface area contributed by atoms with Crippen molar-refractivity contribution in [3.63, 3.8) is 0 Å². The van der Waals surface area contributed by atoms with E-state index < -0.39 is 22.6 Å². The number of carbonyl (C=O) groups excluding carboxylic acids is 1. The highest BCUT2D eigenvalue weighted by molar-refractivity contribution is 5.89. The Kier molecular flexibility index (Phi) is 3.92. The summed E-state index contributed by atoms with van der Waals surface area (Å²) in [6.45, 7) is 4.54. The van der Waals surface area contributed by atoms with Gasteiger partial charge in [0, 0.05) is 36.1 Å². The molecule has 4 nitrogen and oxygen atoms in total. The fourth-order valence-corrected chi connectivity index (χ4v) is 4.02. The Labute approximate surface area is 134 Å². The second kappa shape index (κ2) is 5.53. The highest BCUT2D eigenvalue weighted by Crippen LogP contribution is 2.57. The van der Waals surface area contributed by atoms with Gasteiger partial charge in [0.1, 0.15) is 17.2 Å². The first-order valence-corrected chi connectivity index (χ1v) is 7.91. The number of halogens is 2. The lowest BCUT2D eigenvalue weighted by molar-refractivity contribution is -0.225. The Hall–Kier alpha value is -1.53. The molecule has 0 aromatic heterocycles. The molecule has 1 saturated carbocycles. The molecule has 1 heterocycles. The van der Waals surface area contributed by atoms with Gasteiger partial charge in [-0.25, -0.2) is 8.78 Å². The summed E-state index contributed by atoms with van der Waals surface area (Å²) < 4.78 is 32.4. The largest absolute Gasteiger partial charge is 0.377 e. The van der Waals surface area contributed by atoms with Crippen molar-refractivity contribution in [3.05, 3.63) is 35.4 Å². The van der Waals surface area contributed by atoms with Crippen LogP contribution in [0.3, 0.4) is 0 Å². The number of nitrogens with one attached hydrogen (secondary N) is 1. The normalized spacial score (nSPS) is 31.9. The molecule has 3 unspecified atom stereocenters. The van der Waals surface area contributed by atoms with E-state index in [-0.39, 0.29) is 30.0 Å². The first kappa shape index (κ1) is 16.3. The Balaban J connectivity index is 1.72. The number of hydrogen-bond donors (Lipinski definition) is 2. The van der Waals surface area contributed by atoms with Crippen LogP contribution >= 0.6 is 0 Å². The third-order valence-corrected chi connectivity index (χ3v) is 5.51. The summed E-state index contributed by atoms with van der Waals surface area (Å²) in [6, 6.07) is 3.30. The molecule has 1 aliphatic carbocycles. The van der Waals surface area contributed by atoms with Gasteiger partial charge < -0.3 is 15.8 Å². The number of rotatable bonds is 3. The lowest BCUT2D eigenvalue weighted by atomic mass is 9.46. The first-order valence-electron chi connectivity index (χ1n) is 7.91. The lowest BCUT2D eigenvalue weighted by Gasteiger charge is -2.65. The Morgan fingerprint density at radius 3 is 2.87 bits per heavy atom. The predicted octanol–water partition coefficient (Wildman–Crippen LogP) is 2.11. The van der Waals surface area contributed by atoms with Crippen LogP contribution in [0.2, 0.25) is 0 Å². The molecule has 0 spiro atoms. The Morgan fingerprint density at radius 2 is 2.17 bits per heavy atom. The van der Waals surface area contributed by atoms with Gasteiger partial charge in [0.05, 0.1) is 6.10 Å². The molecule has 0 radical (unpaired) electrons. The SMILES string of the molecule is CC1(C)C2OCCCC2C1(N)C(=O)NCc1ccc(F)cc1F. The fourth-order valence-electron chi connectivity index (χ4n) is 4.02. The van der Waals surface area contributed by atoms with Crippen molar-refractivity contribution in [1.29, 1.82) is 0 Å². The third kappa shape index (κ3) is 2.35. The molecule has 3 N–H and O–H groups in total. The molecule has 126 valence electrons. The Morgan fingerprint density at radius 1 is 1.43 bits per heavy atom. The van der Waals surface area contributed by atoms with E-state index in [1.54, 1.807) is 0 Å². The van der Waals surface area contributed by atoms with Gasteiger partial charge in [-0.3, -0.25) is 4.79 Å². The van der Waals surface area contributed by atoms with Gasteiger partial charge in [0.2, 0.25) is 5.91 Å². The topological polar surface area (TPSA) is 64.3 Å². The second-order valence-corrected chi connectivity index (χ2v) is 7.05. The van der Waals surface area contributed by atoms with Gasteiger partial charge in [-0.2, -0.15) is 0 Å². The molecular formula is C17H22F2N2O2. The molecule has 1 aliphatic heterocycles. The van der Waals surface area contributed by atoms with E-state index in [0.29, 0.717) is 6.61 Å². The number of amides is 1. The van der Waals surface area contributed by atoms with Crippen LogP contribution in [0.25, 0.3) is 0 Å². The summed E-state index contributed by atoms with van der Waals surface area (Å²) in [6.07, 6.45) is 1.72. The van der Waals surface area contributed by atoms with E-state index in [2.05, 4.69) is 5.32 Å². The molecular weight excluding hydrogens is 302 g/mol. The van der Waals surface area contributed by atoms with Crippen molar-refractivity contribution in [1.82, 2.24) is 5.32 Å². The van der Waals surface area contributed by atoms with Crippen LogP contribution in [0, 0.1) is 23.0 Å². The van der Waals surface area contributed by atoms with Gasteiger partial charge in [0.25, 0.3) is 0 Å². The maximum absolute atomic E-state index is 13.7. The highest BCUT2D eigenvalue weighted by Gasteiger charge is 2.70. The number of benzene rings is 1. The van der Waals surface area contributed by atoms with Crippen molar-refractivity contribution in [2.75, 3.05) is 6.61 Å². The van der Waals surface area contributed by atoms with E-state index in [9.17, 15) is 13.6 Å². The molecule has 0 bridgehead atoms. The molecule has 2 aliphatic rings. The zero-order valence-electron chi connectivity index (χ0n) is 13.4. The van der Waals surface area contributed by atoms with E-state index in [0.717, 1.165) is 18.9 Å². The van der Waals surface area contributed by atoms with Crippen LogP contribution in [0.15, 0.2) is 18.2 Å². The van der Waals surface area contributed by atoms with E-state index in [1.807, 2.05) is 13.8 Å². The van der Waals surface area contributed by atoms with Crippen LogP contribution in [0.5, 0.6) is 0 Å². The van der Waals surface area contributed by atoms with Gasteiger partial charge in [-0.05, 0) is 18.9 Å². The number of hydrogen-bond acceptors (Lipinski definition) is 3. The highest BCUT2D eigenvalue weighted by atomic mass is 19.1. The molecule has 1 aromatic rings. The summed E-state index contributed by atoms with van der Waals surface area (Å²) in [5.74, 6) is -1.65. The molecule has 1 aromatic carbocycles. The predicted molar refractivity (Wildman–Crippen MR) is 81.4 cm³/mol. The third-order valence-electron chi connectivity index (χ3n) is 5.51. The summed E-state index contributed by atoms with van der Waals surface area (Å²) in [5, 5.41) is 2.71. The average molecular weight is 324 g/mol. The van der Waals surface area contributed by atoms with Gasteiger partial charge >= 0.3 is 0 Å². The minimum atomic E-state index is -1.03. The molecule has 3 atom stereocenters. The smallest absolute Gasteiger partial charge is 0.241 e. The van der Waals surface area contributed by atoms with Crippen molar-refractivity contribution in [2.24, 2.45) is 17.1 Å². The molecule has 2 fully saturated rings. The van der Waals surface area contributed by atoms with E-state index in [4.69, 9.17) is 10.5 Å². The maximum Gasteiger partial charge on any atom is 0.241 e. The summed E-state index contributed by atoms with van der Waals surface area (Å²) in [4.78, 5) is 12.7. The minimum absolute atomic E-state index is 0.0157. The summed E-state index contributed by atoms with van der Waals surface area (Å²) in [7, 11) is 0.